The average Bonchev–Trinajstić information content (AvgIpc) is 2.64. The van der Waals surface area contributed by atoms with Crippen LogP contribution in [0.3, 0.4) is 0 Å². The quantitative estimate of drug-likeness (QED) is 0.359. The van der Waals surface area contributed by atoms with Gasteiger partial charge in [0.1, 0.15) is 0 Å². The van der Waals surface area contributed by atoms with E-state index >= 15 is 0 Å². The fourth-order valence-corrected chi connectivity index (χ4v) is 3.72. The highest BCUT2D eigenvalue weighted by Crippen LogP contribution is 2.29. The molecule has 0 aromatic heterocycles. The molecule has 166 valence electrons. The zero-order valence-corrected chi connectivity index (χ0v) is 17.5. The van der Waals surface area contributed by atoms with Gasteiger partial charge in [-0.15, -0.1) is 0 Å². The predicted molar refractivity (Wildman–Crippen MR) is 113 cm³/mol. The maximum Gasteiger partial charge on any atom is 0.337 e. The summed E-state index contributed by atoms with van der Waals surface area (Å²) in [4.78, 5) is 33.8. The predicted octanol–water partition coefficient (Wildman–Crippen LogP) is 3.91. The second kappa shape index (κ2) is 12.1. The van der Waals surface area contributed by atoms with Crippen molar-refractivity contribution in [3.8, 4) is 0 Å². The Kier molecular flexibility index (Phi) is 10.3. The van der Waals surface area contributed by atoms with Crippen LogP contribution in [0.25, 0.3) is 6.08 Å². The fraction of sp³-hybridized carbons (Fsp3) is 0.522. The van der Waals surface area contributed by atoms with Gasteiger partial charge in [-0.05, 0) is 36.7 Å². The molecule has 0 saturated heterocycles. The van der Waals surface area contributed by atoms with Crippen LogP contribution in [0, 0.1) is 17.8 Å². The summed E-state index contributed by atoms with van der Waals surface area (Å²) < 4.78 is 0. The van der Waals surface area contributed by atoms with Crippen LogP contribution in [-0.4, -0.2) is 43.9 Å². The minimum atomic E-state index is -2.82. The second-order valence-corrected chi connectivity index (χ2v) is 8.12. The maximum atomic E-state index is 11.5. The lowest BCUT2D eigenvalue weighted by Crippen LogP contribution is -2.50. The standard InChI is InChI=1S/C23H32O7/c1-16(8-6-12-18-10-4-3-5-11-18)14-17(2)9-7-13-19(21(26)27)23(30,22(28)29)15-20(24)25/h3-6,10-12,16-17,19,30H,7-9,13-15H2,1-2H3,(H,24,25)(H,26,27)(H,28,29)/b12-6+. The molecule has 30 heavy (non-hydrogen) atoms. The summed E-state index contributed by atoms with van der Waals surface area (Å²) in [7, 11) is 0. The molecule has 0 fully saturated rings. The first-order valence-corrected chi connectivity index (χ1v) is 10.2. The largest absolute Gasteiger partial charge is 0.481 e. The number of aliphatic hydroxyl groups is 1. The Labute approximate surface area is 177 Å². The number of rotatable bonds is 14. The number of carboxylic acid groups (broad SMARTS) is 3. The smallest absolute Gasteiger partial charge is 0.337 e. The van der Waals surface area contributed by atoms with Crippen molar-refractivity contribution in [1.29, 1.82) is 0 Å². The molecular formula is C23H32O7. The van der Waals surface area contributed by atoms with E-state index in [4.69, 9.17) is 5.11 Å². The molecule has 1 rings (SSSR count). The topological polar surface area (TPSA) is 132 Å². The summed E-state index contributed by atoms with van der Waals surface area (Å²) in [5.41, 5.74) is -1.68. The van der Waals surface area contributed by atoms with Gasteiger partial charge >= 0.3 is 17.9 Å². The lowest BCUT2D eigenvalue weighted by atomic mass is 9.80. The van der Waals surface area contributed by atoms with Crippen molar-refractivity contribution in [3.63, 3.8) is 0 Å². The number of carboxylic acids is 3. The van der Waals surface area contributed by atoms with E-state index in [2.05, 4.69) is 19.1 Å². The highest BCUT2D eigenvalue weighted by Gasteiger charge is 2.49. The molecule has 4 N–H and O–H groups in total. The zero-order valence-electron chi connectivity index (χ0n) is 17.5. The van der Waals surface area contributed by atoms with Gasteiger partial charge in [-0.2, -0.15) is 0 Å². The van der Waals surface area contributed by atoms with Gasteiger partial charge in [0.2, 0.25) is 0 Å². The van der Waals surface area contributed by atoms with Gasteiger partial charge in [-0.3, -0.25) is 9.59 Å². The number of carbonyl (C=O) groups is 3. The van der Waals surface area contributed by atoms with E-state index in [1.54, 1.807) is 0 Å². The van der Waals surface area contributed by atoms with Crippen molar-refractivity contribution in [2.75, 3.05) is 0 Å². The van der Waals surface area contributed by atoms with Crippen LogP contribution < -0.4 is 0 Å². The number of hydrogen-bond acceptors (Lipinski definition) is 4. The lowest BCUT2D eigenvalue weighted by Gasteiger charge is -2.28. The van der Waals surface area contributed by atoms with Gasteiger partial charge in [-0.25, -0.2) is 4.79 Å². The summed E-state index contributed by atoms with van der Waals surface area (Å²) in [6, 6.07) is 10.0. The van der Waals surface area contributed by atoms with E-state index < -0.39 is 35.8 Å². The fourth-order valence-electron chi connectivity index (χ4n) is 3.72. The Morgan fingerprint density at radius 2 is 1.63 bits per heavy atom. The van der Waals surface area contributed by atoms with E-state index in [0.29, 0.717) is 18.8 Å². The van der Waals surface area contributed by atoms with Crippen LogP contribution >= 0.6 is 0 Å². The molecule has 7 nitrogen and oxygen atoms in total. The van der Waals surface area contributed by atoms with Gasteiger partial charge in [0.05, 0.1) is 12.3 Å². The van der Waals surface area contributed by atoms with Crippen molar-refractivity contribution >= 4 is 24.0 Å². The summed E-state index contributed by atoms with van der Waals surface area (Å²) in [6.45, 7) is 4.19. The van der Waals surface area contributed by atoms with E-state index in [0.717, 1.165) is 18.4 Å². The Bertz CT molecular complexity index is 728. The maximum absolute atomic E-state index is 11.5. The highest BCUT2D eigenvalue weighted by molar-refractivity contribution is 5.89. The van der Waals surface area contributed by atoms with Crippen molar-refractivity contribution in [1.82, 2.24) is 0 Å². The molecule has 4 unspecified atom stereocenters. The first kappa shape index (κ1) is 25.4. The SMILES string of the molecule is CC(C/C=C/c1ccccc1)CC(C)CCCC(C(=O)O)C(O)(CC(=O)O)C(=O)O. The van der Waals surface area contributed by atoms with Gasteiger partial charge in [-0.1, -0.05) is 69.2 Å². The van der Waals surface area contributed by atoms with Gasteiger partial charge < -0.3 is 20.4 Å². The number of aliphatic carboxylic acids is 3. The third-order valence-electron chi connectivity index (χ3n) is 5.31. The molecule has 0 spiro atoms. The number of benzene rings is 1. The molecule has 4 atom stereocenters. The molecule has 1 aromatic rings. The Morgan fingerprint density at radius 3 is 2.17 bits per heavy atom. The van der Waals surface area contributed by atoms with E-state index in [1.165, 1.54) is 0 Å². The zero-order chi connectivity index (χ0) is 22.7. The lowest BCUT2D eigenvalue weighted by molar-refractivity contribution is -0.179. The van der Waals surface area contributed by atoms with Crippen molar-refractivity contribution in [3.05, 3.63) is 42.0 Å². The summed E-state index contributed by atoms with van der Waals surface area (Å²) >= 11 is 0. The first-order valence-electron chi connectivity index (χ1n) is 10.2. The van der Waals surface area contributed by atoms with Crippen LogP contribution in [0.4, 0.5) is 0 Å². The van der Waals surface area contributed by atoms with Crippen LogP contribution in [0.1, 0.15) is 57.9 Å². The van der Waals surface area contributed by atoms with Crippen LogP contribution in [0.2, 0.25) is 0 Å². The Morgan fingerprint density at radius 1 is 1.00 bits per heavy atom. The third-order valence-corrected chi connectivity index (χ3v) is 5.31. The monoisotopic (exact) mass is 420 g/mol. The second-order valence-electron chi connectivity index (χ2n) is 8.12. The molecule has 0 aliphatic carbocycles. The van der Waals surface area contributed by atoms with E-state index in [9.17, 15) is 29.7 Å². The van der Waals surface area contributed by atoms with Gasteiger partial charge in [0.25, 0.3) is 0 Å². The molecular weight excluding hydrogens is 388 g/mol. The minimum absolute atomic E-state index is 0.0992. The molecule has 0 aliphatic heterocycles. The minimum Gasteiger partial charge on any atom is -0.481 e. The third kappa shape index (κ3) is 8.37. The van der Waals surface area contributed by atoms with Crippen molar-refractivity contribution in [2.24, 2.45) is 17.8 Å². The molecule has 0 amide bonds. The molecule has 0 aliphatic rings. The molecule has 0 radical (unpaired) electrons. The van der Waals surface area contributed by atoms with Gasteiger partial charge in [0.15, 0.2) is 5.60 Å². The van der Waals surface area contributed by atoms with Crippen LogP contribution in [0.15, 0.2) is 36.4 Å². The first-order chi connectivity index (χ1) is 14.1. The van der Waals surface area contributed by atoms with Crippen LogP contribution in [0.5, 0.6) is 0 Å². The molecule has 0 saturated carbocycles. The van der Waals surface area contributed by atoms with Gasteiger partial charge in [0, 0.05) is 0 Å². The molecule has 1 aromatic carbocycles. The summed E-state index contributed by atoms with van der Waals surface area (Å²) in [5, 5.41) is 37.6. The number of hydrogen-bond donors (Lipinski definition) is 4. The number of allylic oxidation sites excluding steroid dienone is 1. The highest BCUT2D eigenvalue weighted by atomic mass is 16.4. The summed E-state index contributed by atoms with van der Waals surface area (Å²) in [5.74, 6) is -5.85. The molecule has 7 heteroatoms. The normalized spacial score (nSPS) is 16.5. The average molecular weight is 421 g/mol. The van der Waals surface area contributed by atoms with Crippen molar-refractivity contribution < 1.29 is 34.8 Å². The van der Waals surface area contributed by atoms with E-state index in [-0.39, 0.29) is 12.3 Å². The molecule has 0 bridgehead atoms. The molecule has 0 heterocycles. The van der Waals surface area contributed by atoms with E-state index in [1.807, 2.05) is 37.3 Å². The van der Waals surface area contributed by atoms with Crippen LogP contribution in [-0.2, 0) is 14.4 Å². The Balaban J connectivity index is 2.52. The Hall–Kier alpha value is -2.67. The van der Waals surface area contributed by atoms with Crippen molar-refractivity contribution in [2.45, 2.75) is 58.0 Å². The summed E-state index contributed by atoms with van der Waals surface area (Å²) in [6.07, 6.45) is 5.85.